The van der Waals surface area contributed by atoms with Crippen molar-refractivity contribution in [3.8, 4) is 0 Å². The van der Waals surface area contributed by atoms with E-state index < -0.39 is 15.8 Å². The molecule has 0 spiro atoms. The van der Waals surface area contributed by atoms with Crippen molar-refractivity contribution in [2.45, 2.75) is 11.8 Å². The van der Waals surface area contributed by atoms with E-state index in [1.807, 2.05) is 19.0 Å². The summed E-state index contributed by atoms with van der Waals surface area (Å²) < 4.78 is 40.1. The first-order chi connectivity index (χ1) is 11.3. The standard InChI is InChI=1S/C15H20FN5O2S/c1-11-10-12(16)4-5-13(11)24(22,23)20-15-7-6-14(18-19-15)17-8-9-21(2)3/h4-7,10H,8-9H2,1-3H3,(H,17,18)(H,19,20). The summed E-state index contributed by atoms with van der Waals surface area (Å²) in [6.45, 7) is 3.06. The summed E-state index contributed by atoms with van der Waals surface area (Å²) in [4.78, 5) is 2.02. The molecule has 0 radical (unpaired) electrons. The van der Waals surface area contributed by atoms with Crippen molar-refractivity contribution in [1.29, 1.82) is 0 Å². The third-order valence-corrected chi connectivity index (χ3v) is 4.71. The molecule has 0 atom stereocenters. The quantitative estimate of drug-likeness (QED) is 0.788. The Kier molecular flexibility index (Phi) is 5.68. The van der Waals surface area contributed by atoms with Crippen LogP contribution in [0.15, 0.2) is 35.2 Å². The van der Waals surface area contributed by atoms with Gasteiger partial charge in [-0.1, -0.05) is 0 Å². The summed E-state index contributed by atoms with van der Waals surface area (Å²) in [6, 6.07) is 6.64. The van der Waals surface area contributed by atoms with Gasteiger partial charge < -0.3 is 10.2 Å². The Morgan fingerprint density at radius 1 is 1.12 bits per heavy atom. The number of likely N-dealkylation sites (N-methyl/N-ethyl adjacent to an activating group) is 1. The van der Waals surface area contributed by atoms with Crippen molar-refractivity contribution in [2.24, 2.45) is 0 Å². The Hall–Kier alpha value is -2.26. The highest BCUT2D eigenvalue weighted by atomic mass is 32.2. The van der Waals surface area contributed by atoms with E-state index >= 15 is 0 Å². The van der Waals surface area contributed by atoms with Gasteiger partial charge in [-0.2, -0.15) is 0 Å². The lowest BCUT2D eigenvalue weighted by atomic mass is 10.2. The van der Waals surface area contributed by atoms with Crippen LogP contribution in [0.5, 0.6) is 0 Å². The summed E-state index contributed by atoms with van der Waals surface area (Å²) in [5.74, 6) is 0.161. The van der Waals surface area contributed by atoms with Gasteiger partial charge in [-0.25, -0.2) is 12.8 Å². The van der Waals surface area contributed by atoms with Crippen LogP contribution in [-0.4, -0.2) is 50.7 Å². The molecule has 0 aliphatic rings. The molecule has 0 amide bonds. The van der Waals surface area contributed by atoms with Gasteiger partial charge in [0.25, 0.3) is 10.0 Å². The van der Waals surface area contributed by atoms with E-state index in [2.05, 4.69) is 20.2 Å². The number of nitrogens with zero attached hydrogens (tertiary/aromatic N) is 3. The van der Waals surface area contributed by atoms with E-state index in [1.54, 1.807) is 6.07 Å². The largest absolute Gasteiger partial charge is 0.367 e. The van der Waals surface area contributed by atoms with Gasteiger partial charge in [0.1, 0.15) is 11.6 Å². The van der Waals surface area contributed by atoms with Crippen LogP contribution in [0.1, 0.15) is 5.56 Å². The number of sulfonamides is 1. The maximum atomic E-state index is 13.1. The van der Waals surface area contributed by atoms with E-state index in [0.29, 0.717) is 17.9 Å². The fraction of sp³-hybridized carbons (Fsp3) is 0.333. The van der Waals surface area contributed by atoms with Crippen LogP contribution in [0.4, 0.5) is 16.0 Å². The second kappa shape index (κ2) is 7.54. The maximum Gasteiger partial charge on any atom is 0.263 e. The summed E-state index contributed by atoms with van der Waals surface area (Å²) in [6.07, 6.45) is 0. The van der Waals surface area contributed by atoms with Crippen molar-refractivity contribution >= 4 is 21.7 Å². The number of aromatic nitrogens is 2. The molecular formula is C15H20FN5O2S. The minimum atomic E-state index is -3.85. The van der Waals surface area contributed by atoms with Gasteiger partial charge in [0, 0.05) is 13.1 Å². The molecule has 1 aromatic carbocycles. The zero-order valence-electron chi connectivity index (χ0n) is 13.7. The molecule has 1 aromatic heterocycles. The van der Waals surface area contributed by atoms with E-state index in [1.165, 1.54) is 19.1 Å². The average Bonchev–Trinajstić information content (AvgIpc) is 2.48. The molecule has 7 nitrogen and oxygen atoms in total. The van der Waals surface area contributed by atoms with Gasteiger partial charge in [-0.05, 0) is 56.9 Å². The Bertz CT molecular complexity index is 794. The number of aryl methyl sites for hydroxylation is 1. The lowest BCUT2D eigenvalue weighted by molar-refractivity contribution is 0.425. The highest BCUT2D eigenvalue weighted by molar-refractivity contribution is 7.92. The molecule has 0 aliphatic heterocycles. The second-order valence-corrected chi connectivity index (χ2v) is 7.20. The highest BCUT2D eigenvalue weighted by Crippen LogP contribution is 2.19. The first-order valence-corrected chi connectivity index (χ1v) is 8.77. The Morgan fingerprint density at radius 3 is 2.38 bits per heavy atom. The molecule has 0 saturated heterocycles. The zero-order valence-corrected chi connectivity index (χ0v) is 14.6. The first kappa shape index (κ1) is 18.1. The molecule has 24 heavy (non-hydrogen) atoms. The number of anilines is 2. The molecule has 0 unspecified atom stereocenters. The molecule has 9 heteroatoms. The third kappa shape index (κ3) is 4.87. The number of nitrogens with one attached hydrogen (secondary N) is 2. The van der Waals surface area contributed by atoms with Crippen molar-refractivity contribution in [3.63, 3.8) is 0 Å². The van der Waals surface area contributed by atoms with Crippen LogP contribution < -0.4 is 10.0 Å². The first-order valence-electron chi connectivity index (χ1n) is 7.29. The molecule has 2 rings (SSSR count). The molecule has 2 aromatic rings. The SMILES string of the molecule is Cc1cc(F)ccc1S(=O)(=O)Nc1ccc(NCCN(C)C)nn1. The van der Waals surface area contributed by atoms with Crippen molar-refractivity contribution in [2.75, 3.05) is 37.2 Å². The van der Waals surface area contributed by atoms with Crippen LogP contribution in [0.2, 0.25) is 0 Å². The normalized spacial score (nSPS) is 11.5. The van der Waals surface area contributed by atoms with Crippen LogP contribution in [-0.2, 0) is 10.0 Å². The average molecular weight is 353 g/mol. The van der Waals surface area contributed by atoms with Gasteiger partial charge in [-0.3, -0.25) is 4.72 Å². The van der Waals surface area contributed by atoms with Gasteiger partial charge in [0.05, 0.1) is 4.90 Å². The predicted molar refractivity (Wildman–Crippen MR) is 91.0 cm³/mol. The van der Waals surface area contributed by atoms with Crippen LogP contribution >= 0.6 is 0 Å². The zero-order chi connectivity index (χ0) is 17.7. The van der Waals surface area contributed by atoms with Gasteiger partial charge in [0.2, 0.25) is 0 Å². The maximum absolute atomic E-state index is 13.1. The molecule has 2 N–H and O–H groups in total. The summed E-state index contributed by atoms with van der Waals surface area (Å²) in [7, 11) is 0.0739. The molecule has 1 heterocycles. The minimum absolute atomic E-state index is 0.00103. The van der Waals surface area contributed by atoms with Crippen molar-refractivity contribution in [1.82, 2.24) is 15.1 Å². The molecule has 0 aliphatic carbocycles. The van der Waals surface area contributed by atoms with Crippen LogP contribution in [0, 0.1) is 12.7 Å². The van der Waals surface area contributed by atoms with Gasteiger partial charge >= 0.3 is 0 Å². The lowest BCUT2D eigenvalue weighted by Crippen LogP contribution is -2.21. The molecule has 0 bridgehead atoms. The topological polar surface area (TPSA) is 87.2 Å². The number of halogens is 1. The molecular weight excluding hydrogens is 333 g/mol. The van der Waals surface area contributed by atoms with Crippen LogP contribution in [0.25, 0.3) is 0 Å². The Balaban J connectivity index is 2.07. The van der Waals surface area contributed by atoms with Gasteiger partial charge in [-0.15, -0.1) is 10.2 Å². The Morgan fingerprint density at radius 2 is 1.79 bits per heavy atom. The fourth-order valence-corrected chi connectivity index (χ4v) is 3.22. The minimum Gasteiger partial charge on any atom is -0.367 e. The van der Waals surface area contributed by atoms with Crippen LogP contribution in [0.3, 0.4) is 0 Å². The van der Waals surface area contributed by atoms with Gasteiger partial charge in [0.15, 0.2) is 5.82 Å². The summed E-state index contributed by atoms with van der Waals surface area (Å²) >= 11 is 0. The molecule has 130 valence electrons. The third-order valence-electron chi connectivity index (χ3n) is 3.20. The number of benzene rings is 1. The number of rotatable bonds is 7. The van der Waals surface area contributed by atoms with E-state index in [4.69, 9.17) is 0 Å². The number of hydrogen-bond acceptors (Lipinski definition) is 6. The van der Waals surface area contributed by atoms with E-state index in [0.717, 1.165) is 18.7 Å². The fourth-order valence-electron chi connectivity index (χ4n) is 2.00. The van der Waals surface area contributed by atoms with E-state index in [-0.39, 0.29) is 10.7 Å². The predicted octanol–water partition coefficient (Wildman–Crippen LogP) is 1.70. The molecule has 0 fully saturated rings. The monoisotopic (exact) mass is 353 g/mol. The summed E-state index contributed by atoms with van der Waals surface area (Å²) in [5, 5.41) is 10.8. The van der Waals surface area contributed by atoms with Crippen molar-refractivity contribution in [3.05, 3.63) is 41.7 Å². The van der Waals surface area contributed by atoms with E-state index in [9.17, 15) is 12.8 Å². The van der Waals surface area contributed by atoms with Crippen molar-refractivity contribution < 1.29 is 12.8 Å². The molecule has 0 saturated carbocycles. The highest BCUT2D eigenvalue weighted by Gasteiger charge is 2.18. The smallest absolute Gasteiger partial charge is 0.263 e. The second-order valence-electron chi connectivity index (χ2n) is 5.55. The summed E-state index contributed by atoms with van der Waals surface area (Å²) in [5.41, 5.74) is 0.317. The Labute approximate surface area is 141 Å². The number of hydrogen-bond donors (Lipinski definition) is 2. The lowest BCUT2D eigenvalue weighted by Gasteiger charge is -2.11.